The average molecular weight is 257 g/mol. The van der Waals surface area contributed by atoms with E-state index in [0.717, 1.165) is 12.1 Å². The Morgan fingerprint density at radius 2 is 2.11 bits per heavy atom. The van der Waals surface area contributed by atoms with E-state index in [4.69, 9.17) is 5.84 Å². The van der Waals surface area contributed by atoms with Crippen LogP contribution in [0.1, 0.15) is 24.1 Å². The van der Waals surface area contributed by atoms with Crippen molar-refractivity contribution < 1.29 is 0 Å². The van der Waals surface area contributed by atoms with E-state index in [1.807, 2.05) is 19.3 Å². The zero-order valence-electron chi connectivity index (χ0n) is 11.1. The molecule has 3 N–H and O–H groups in total. The zero-order chi connectivity index (χ0) is 13.3. The highest BCUT2D eigenvalue weighted by Crippen LogP contribution is 2.51. The Kier molecular flexibility index (Phi) is 3.08. The third-order valence-corrected chi connectivity index (χ3v) is 4.07. The minimum atomic E-state index is 0.160. The molecule has 0 bridgehead atoms. The second-order valence-electron chi connectivity index (χ2n) is 5.33. The molecule has 2 aromatic rings. The van der Waals surface area contributed by atoms with Crippen molar-refractivity contribution in [1.29, 1.82) is 0 Å². The van der Waals surface area contributed by atoms with Gasteiger partial charge in [0.2, 0.25) is 0 Å². The Labute approximate surface area is 112 Å². The molecule has 0 aliphatic heterocycles. The van der Waals surface area contributed by atoms with Gasteiger partial charge in [-0.25, -0.2) is 0 Å². The maximum absolute atomic E-state index is 5.79. The molecular weight excluding hydrogens is 238 g/mol. The van der Waals surface area contributed by atoms with Crippen LogP contribution < -0.4 is 11.3 Å². The summed E-state index contributed by atoms with van der Waals surface area (Å²) < 4.78 is 1.73. The fourth-order valence-corrected chi connectivity index (χ4v) is 2.85. The van der Waals surface area contributed by atoms with Crippen molar-refractivity contribution in [3.8, 4) is 0 Å². The van der Waals surface area contributed by atoms with E-state index in [-0.39, 0.29) is 11.5 Å². The Balaban J connectivity index is 1.82. The molecule has 5 heteroatoms. The predicted molar refractivity (Wildman–Crippen MR) is 73.2 cm³/mol. The van der Waals surface area contributed by atoms with E-state index in [2.05, 4.69) is 40.0 Å². The molecule has 19 heavy (non-hydrogen) atoms. The van der Waals surface area contributed by atoms with E-state index < -0.39 is 0 Å². The standard InChI is InChI=1S/C14H19N5/c1-19-10-12(17-18-19)9-13(16-15)14(7-8-14)11-5-3-2-4-6-11/h2-6,10,13,16H,7-9,15H2,1H3. The van der Waals surface area contributed by atoms with Gasteiger partial charge in [-0.2, -0.15) is 0 Å². The third-order valence-electron chi connectivity index (χ3n) is 4.07. The fourth-order valence-electron chi connectivity index (χ4n) is 2.85. The molecule has 1 aromatic heterocycles. The van der Waals surface area contributed by atoms with Crippen LogP contribution in [0.5, 0.6) is 0 Å². The Morgan fingerprint density at radius 1 is 1.37 bits per heavy atom. The predicted octanol–water partition coefficient (Wildman–Crippen LogP) is 0.921. The summed E-state index contributed by atoms with van der Waals surface area (Å²) in [5.41, 5.74) is 5.49. The number of nitrogens with zero attached hydrogens (tertiary/aromatic N) is 3. The second-order valence-corrected chi connectivity index (χ2v) is 5.33. The molecule has 5 nitrogen and oxygen atoms in total. The summed E-state index contributed by atoms with van der Waals surface area (Å²) in [6.07, 6.45) is 5.10. The summed E-state index contributed by atoms with van der Waals surface area (Å²) in [4.78, 5) is 0. The van der Waals surface area contributed by atoms with Crippen molar-refractivity contribution in [2.24, 2.45) is 12.9 Å². The molecule has 1 aliphatic carbocycles. The lowest BCUT2D eigenvalue weighted by Crippen LogP contribution is -2.45. The van der Waals surface area contributed by atoms with Gasteiger partial charge in [0.1, 0.15) is 0 Å². The molecule has 1 heterocycles. The van der Waals surface area contributed by atoms with Crippen LogP contribution in [0.2, 0.25) is 0 Å². The smallest absolute Gasteiger partial charge is 0.0843 e. The number of hydrazine groups is 1. The van der Waals surface area contributed by atoms with E-state index >= 15 is 0 Å². The largest absolute Gasteiger partial charge is 0.271 e. The number of hydrogen-bond donors (Lipinski definition) is 2. The van der Waals surface area contributed by atoms with Crippen molar-refractivity contribution in [1.82, 2.24) is 20.4 Å². The number of nitrogens with one attached hydrogen (secondary N) is 1. The highest BCUT2D eigenvalue weighted by Gasteiger charge is 2.50. The molecule has 0 spiro atoms. The van der Waals surface area contributed by atoms with Crippen LogP contribution in [0, 0.1) is 0 Å². The highest BCUT2D eigenvalue weighted by molar-refractivity contribution is 5.34. The van der Waals surface area contributed by atoms with Crippen molar-refractivity contribution in [3.63, 3.8) is 0 Å². The first-order chi connectivity index (χ1) is 9.24. The highest BCUT2D eigenvalue weighted by atomic mass is 15.4. The van der Waals surface area contributed by atoms with Crippen LogP contribution in [0.4, 0.5) is 0 Å². The Morgan fingerprint density at radius 3 is 2.63 bits per heavy atom. The second kappa shape index (κ2) is 4.75. The van der Waals surface area contributed by atoms with Crippen LogP contribution in [0.25, 0.3) is 0 Å². The number of benzene rings is 1. The monoisotopic (exact) mass is 257 g/mol. The molecular formula is C14H19N5. The van der Waals surface area contributed by atoms with Crippen LogP contribution in [-0.2, 0) is 18.9 Å². The van der Waals surface area contributed by atoms with Gasteiger partial charge in [0.25, 0.3) is 0 Å². The normalized spacial score (nSPS) is 18.2. The maximum atomic E-state index is 5.79. The topological polar surface area (TPSA) is 68.8 Å². The van der Waals surface area contributed by atoms with Gasteiger partial charge in [-0.1, -0.05) is 35.5 Å². The van der Waals surface area contributed by atoms with Crippen molar-refractivity contribution >= 4 is 0 Å². The van der Waals surface area contributed by atoms with Gasteiger partial charge in [-0.05, 0) is 18.4 Å². The van der Waals surface area contributed by atoms with Crippen molar-refractivity contribution in [2.75, 3.05) is 0 Å². The molecule has 0 saturated heterocycles. The molecule has 1 unspecified atom stereocenters. The van der Waals surface area contributed by atoms with Gasteiger partial charge >= 0.3 is 0 Å². The molecule has 100 valence electrons. The van der Waals surface area contributed by atoms with Crippen molar-refractivity contribution in [2.45, 2.75) is 30.7 Å². The van der Waals surface area contributed by atoms with E-state index in [1.54, 1.807) is 4.68 Å². The van der Waals surface area contributed by atoms with Gasteiger partial charge in [-0.15, -0.1) is 5.10 Å². The minimum Gasteiger partial charge on any atom is -0.271 e. The molecule has 0 radical (unpaired) electrons. The molecule has 0 amide bonds. The number of rotatable bonds is 5. The van der Waals surface area contributed by atoms with E-state index in [1.165, 1.54) is 18.4 Å². The molecule has 1 aromatic carbocycles. The Bertz CT molecular complexity index is 544. The third kappa shape index (κ3) is 2.27. The van der Waals surface area contributed by atoms with Gasteiger partial charge in [0, 0.05) is 31.1 Å². The lowest BCUT2D eigenvalue weighted by molar-refractivity contribution is 0.417. The summed E-state index contributed by atoms with van der Waals surface area (Å²) in [5, 5.41) is 8.13. The average Bonchev–Trinajstić information content (AvgIpc) is 3.15. The van der Waals surface area contributed by atoms with Gasteiger partial charge < -0.3 is 0 Å². The molecule has 3 rings (SSSR count). The van der Waals surface area contributed by atoms with Gasteiger partial charge in [0.05, 0.1) is 5.69 Å². The summed E-state index contributed by atoms with van der Waals surface area (Å²) in [7, 11) is 1.88. The number of aryl methyl sites for hydroxylation is 1. The van der Waals surface area contributed by atoms with Gasteiger partial charge in [-0.3, -0.25) is 16.0 Å². The molecule has 1 aliphatic rings. The van der Waals surface area contributed by atoms with Crippen LogP contribution >= 0.6 is 0 Å². The van der Waals surface area contributed by atoms with Crippen LogP contribution in [0.15, 0.2) is 36.5 Å². The van der Waals surface area contributed by atoms with E-state index in [0.29, 0.717) is 0 Å². The molecule has 1 fully saturated rings. The van der Waals surface area contributed by atoms with Crippen LogP contribution in [-0.4, -0.2) is 21.0 Å². The molecule has 1 saturated carbocycles. The van der Waals surface area contributed by atoms with Gasteiger partial charge in [0.15, 0.2) is 0 Å². The lowest BCUT2D eigenvalue weighted by Gasteiger charge is -2.26. The lowest BCUT2D eigenvalue weighted by atomic mass is 9.86. The first kappa shape index (κ1) is 12.3. The quantitative estimate of drug-likeness (QED) is 0.617. The Hall–Kier alpha value is -1.72. The number of aromatic nitrogens is 3. The first-order valence-corrected chi connectivity index (χ1v) is 6.61. The summed E-state index contributed by atoms with van der Waals surface area (Å²) in [5.74, 6) is 5.79. The van der Waals surface area contributed by atoms with Crippen LogP contribution in [0.3, 0.4) is 0 Å². The van der Waals surface area contributed by atoms with E-state index in [9.17, 15) is 0 Å². The fraction of sp³-hybridized carbons (Fsp3) is 0.429. The summed E-state index contributed by atoms with van der Waals surface area (Å²) in [6, 6.07) is 10.8. The van der Waals surface area contributed by atoms with Crippen molar-refractivity contribution in [3.05, 3.63) is 47.8 Å². The summed E-state index contributed by atoms with van der Waals surface area (Å²) in [6.45, 7) is 0. The maximum Gasteiger partial charge on any atom is 0.0843 e. The number of nitrogens with two attached hydrogens (primary N) is 1. The first-order valence-electron chi connectivity index (χ1n) is 6.61. The zero-order valence-corrected chi connectivity index (χ0v) is 11.1. The SMILES string of the molecule is Cn1cc(CC(NN)C2(c3ccccc3)CC2)nn1. The summed E-state index contributed by atoms with van der Waals surface area (Å²) >= 11 is 0. The number of hydrogen-bond acceptors (Lipinski definition) is 4. The molecule has 1 atom stereocenters. The minimum absolute atomic E-state index is 0.160.